The average molecular weight is 510 g/mol. The number of alkyl halides is 3. The summed E-state index contributed by atoms with van der Waals surface area (Å²) in [4.78, 5) is 39.8. The third kappa shape index (κ3) is 4.31. The van der Waals surface area contributed by atoms with Crippen LogP contribution in [-0.2, 0) is 24.1 Å². The van der Waals surface area contributed by atoms with Gasteiger partial charge in [-0.1, -0.05) is 60.7 Å². The molecule has 0 aliphatic rings. The van der Waals surface area contributed by atoms with E-state index in [0.717, 1.165) is 26.0 Å². The number of aromatic nitrogens is 2. The third-order valence-electron chi connectivity index (χ3n) is 5.73. The normalized spacial score (nSPS) is 11.8. The van der Waals surface area contributed by atoms with Crippen molar-refractivity contribution in [2.75, 3.05) is 5.32 Å². The summed E-state index contributed by atoms with van der Waals surface area (Å²) >= 11 is 1.20. The van der Waals surface area contributed by atoms with Gasteiger partial charge in [0, 0.05) is 10.1 Å². The highest BCUT2D eigenvalue weighted by atomic mass is 32.1. The SMILES string of the molecule is O=C(Cn1c(=O)n(Cc2ccccc2)c(=O)c2sc3ccccc3c21)Nc1ccccc1C(F)(F)F. The second-order valence-electron chi connectivity index (χ2n) is 8.11. The number of fused-ring (bicyclic) bond motifs is 3. The summed E-state index contributed by atoms with van der Waals surface area (Å²) in [5.41, 5.74) is -1.61. The fraction of sp³-hybridized carbons (Fsp3) is 0.115. The molecule has 0 spiro atoms. The molecule has 0 saturated heterocycles. The van der Waals surface area contributed by atoms with Crippen molar-refractivity contribution in [2.24, 2.45) is 0 Å². The number of halogens is 3. The summed E-state index contributed by atoms with van der Waals surface area (Å²) < 4.78 is 43.4. The molecule has 0 aliphatic carbocycles. The summed E-state index contributed by atoms with van der Waals surface area (Å²) in [5, 5.41) is 2.89. The van der Waals surface area contributed by atoms with Crippen LogP contribution in [0, 0.1) is 0 Å². The molecule has 0 bridgehead atoms. The second kappa shape index (κ2) is 9.12. The molecule has 0 saturated carbocycles. The number of hydrogen-bond acceptors (Lipinski definition) is 4. The van der Waals surface area contributed by atoms with Crippen LogP contribution in [0.3, 0.4) is 0 Å². The summed E-state index contributed by atoms with van der Waals surface area (Å²) in [6.07, 6.45) is -4.67. The number of carbonyl (C=O) groups is 1. The number of anilines is 1. The van der Waals surface area contributed by atoms with Gasteiger partial charge in [0.15, 0.2) is 0 Å². The lowest BCUT2D eigenvalue weighted by molar-refractivity contribution is -0.137. The van der Waals surface area contributed by atoms with E-state index in [0.29, 0.717) is 10.9 Å². The number of nitrogens with one attached hydrogen (secondary N) is 1. The highest BCUT2D eigenvalue weighted by molar-refractivity contribution is 7.25. The Kier molecular flexibility index (Phi) is 5.97. The smallest absolute Gasteiger partial charge is 0.324 e. The van der Waals surface area contributed by atoms with Gasteiger partial charge in [-0.25, -0.2) is 4.79 Å². The fourth-order valence-corrected chi connectivity index (χ4v) is 5.28. The van der Waals surface area contributed by atoms with Gasteiger partial charge < -0.3 is 5.32 Å². The number of carbonyl (C=O) groups excluding carboxylic acids is 1. The molecular formula is C26H18F3N3O3S. The maximum Gasteiger partial charge on any atom is 0.418 e. The van der Waals surface area contributed by atoms with Gasteiger partial charge in [-0.2, -0.15) is 13.2 Å². The molecule has 2 aromatic heterocycles. The Morgan fingerprint density at radius 2 is 1.53 bits per heavy atom. The van der Waals surface area contributed by atoms with Gasteiger partial charge in [0.25, 0.3) is 5.56 Å². The Morgan fingerprint density at radius 3 is 2.28 bits per heavy atom. The van der Waals surface area contributed by atoms with E-state index in [1.807, 2.05) is 6.07 Å². The van der Waals surface area contributed by atoms with Crippen molar-refractivity contribution in [3.05, 3.63) is 111 Å². The zero-order valence-electron chi connectivity index (χ0n) is 18.6. The van der Waals surface area contributed by atoms with Crippen LogP contribution >= 0.6 is 11.3 Å². The number of amides is 1. The first-order valence-corrected chi connectivity index (χ1v) is 11.7. The van der Waals surface area contributed by atoms with E-state index >= 15 is 0 Å². The predicted molar refractivity (Wildman–Crippen MR) is 133 cm³/mol. The van der Waals surface area contributed by atoms with Crippen molar-refractivity contribution in [1.82, 2.24) is 9.13 Å². The first-order chi connectivity index (χ1) is 17.2. The van der Waals surface area contributed by atoms with Crippen LogP contribution in [0.25, 0.3) is 20.3 Å². The minimum atomic E-state index is -4.67. The minimum Gasteiger partial charge on any atom is -0.324 e. The summed E-state index contributed by atoms with van der Waals surface area (Å²) in [6, 6.07) is 20.6. The molecule has 1 amide bonds. The second-order valence-corrected chi connectivity index (χ2v) is 9.17. The van der Waals surface area contributed by atoms with Crippen molar-refractivity contribution in [3.63, 3.8) is 0 Å². The molecular weight excluding hydrogens is 491 g/mol. The fourth-order valence-electron chi connectivity index (χ4n) is 4.12. The lowest BCUT2D eigenvalue weighted by Crippen LogP contribution is -2.41. The van der Waals surface area contributed by atoms with Crippen LogP contribution < -0.4 is 16.6 Å². The van der Waals surface area contributed by atoms with Crippen LogP contribution in [0.1, 0.15) is 11.1 Å². The highest BCUT2D eigenvalue weighted by Gasteiger charge is 2.33. The van der Waals surface area contributed by atoms with Crippen molar-refractivity contribution in [3.8, 4) is 0 Å². The number of rotatable bonds is 5. The monoisotopic (exact) mass is 509 g/mol. The Labute approximate surface area is 205 Å². The summed E-state index contributed by atoms with van der Waals surface area (Å²) in [6.45, 7) is -0.585. The summed E-state index contributed by atoms with van der Waals surface area (Å²) in [7, 11) is 0. The molecule has 5 aromatic rings. The van der Waals surface area contributed by atoms with Crippen LogP contribution in [-0.4, -0.2) is 15.0 Å². The van der Waals surface area contributed by atoms with E-state index in [2.05, 4.69) is 5.32 Å². The van der Waals surface area contributed by atoms with Gasteiger partial charge in [-0.05, 0) is 23.8 Å². The molecule has 0 atom stereocenters. The van der Waals surface area contributed by atoms with Gasteiger partial charge in [0.1, 0.15) is 11.2 Å². The van der Waals surface area contributed by atoms with E-state index in [4.69, 9.17) is 0 Å². The van der Waals surface area contributed by atoms with Crippen molar-refractivity contribution in [2.45, 2.75) is 19.3 Å². The standard InChI is InChI=1S/C26H18F3N3O3S/c27-26(28,29)18-11-5-6-12-19(18)30-21(33)15-31-22-17-10-4-7-13-20(17)36-23(22)24(34)32(25(31)35)14-16-8-2-1-3-9-16/h1-13H,14-15H2,(H,30,33). The quantitative estimate of drug-likeness (QED) is 0.359. The molecule has 0 unspecified atom stereocenters. The largest absolute Gasteiger partial charge is 0.418 e. The third-order valence-corrected chi connectivity index (χ3v) is 6.88. The molecule has 5 rings (SSSR count). The van der Waals surface area contributed by atoms with Gasteiger partial charge in [-0.15, -0.1) is 11.3 Å². The van der Waals surface area contributed by atoms with E-state index in [1.165, 1.54) is 23.5 Å². The molecule has 0 aliphatic heterocycles. The maximum absolute atomic E-state index is 13.5. The molecule has 0 radical (unpaired) electrons. The molecule has 182 valence electrons. The van der Waals surface area contributed by atoms with E-state index in [9.17, 15) is 27.6 Å². The van der Waals surface area contributed by atoms with E-state index in [1.54, 1.807) is 48.5 Å². The lowest BCUT2D eigenvalue weighted by Gasteiger charge is -2.15. The van der Waals surface area contributed by atoms with Crippen molar-refractivity contribution < 1.29 is 18.0 Å². The minimum absolute atomic E-state index is 0.0127. The molecule has 6 nitrogen and oxygen atoms in total. The average Bonchev–Trinajstić information content (AvgIpc) is 3.24. The van der Waals surface area contributed by atoms with E-state index < -0.39 is 41.1 Å². The van der Waals surface area contributed by atoms with Crippen LogP contribution in [0.4, 0.5) is 18.9 Å². The molecule has 1 N–H and O–H groups in total. The molecule has 36 heavy (non-hydrogen) atoms. The number of nitrogens with zero attached hydrogens (tertiary/aromatic N) is 2. The Bertz CT molecular complexity index is 1720. The zero-order chi connectivity index (χ0) is 25.4. The van der Waals surface area contributed by atoms with Crippen LogP contribution in [0.2, 0.25) is 0 Å². The Morgan fingerprint density at radius 1 is 0.861 bits per heavy atom. The van der Waals surface area contributed by atoms with Gasteiger partial charge >= 0.3 is 11.9 Å². The van der Waals surface area contributed by atoms with Gasteiger partial charge in [0.2, 0.25) is 5.91 Å². The molecule has 2 heterocycles. The zero-order valence-corrected chi connectivity index (χ0v) is 19.4. The molecule has 0 fully saturated rings. The van der Waals surface area contributed by atoms with Crippen LogP contribution in [0.5, 0.6) is 0 Å². The lowest BCUT2D eigenvalue weighted by atomic mass is 10.1. The van der Waals surface area contributed by atoms with Gasteiger partial charge in [-0.3, -0.25) is 18.7 Å². The highest BCUT2D eigenvalue weighted by Crippen LogP contribution is 2.35. The van der Waals surface area contributed by atoms with Gasteiger partial charge in [0.05, 0.1) is 23.3 Å². The number of hydrogen-bond donors (Lipinski definition) is 1. The predicted octanol–water partition coefficient (Wildman–Crippen LogP) is 5.08. The Balaban J connectivity index is 1.64. The topological polar surface area (TPSA) is 73.1 Å². The van der Waals surface area contributed by atoms with Crippen molar-refractivity contribution >= 4 is 43.2 Å². The number of benzene rings is 3. The first-order valence-electron chi connectivity index (χ1n) is 10.9. The van der Waals surface area contributed by atoms with E-state index in [-0.39, 0.29) is 16.8 Å². The van der Waals surface area contributed by atoms with Crippen LogP contribution in [0.15, 0.2) is 88.5 Å². The van der Waals surface area contributed by atoms with Crippen molar-refractivity contribution in [1.29, 1.82) is 0 Å². The molecule has 3 aromatic carbocycles. The first kappa shape index (κ1) is 23.6. The summed E-state index contributed by atoms with van der Waals surface area (Å²) in [5.74, 6) is -0.824. The number of thiophene rings is 1. The Hall–Kier alpha value is -4.18. The molecule has 10 heteroatoms. The number of para-hydroxylation sites is 1. The maximum atomic E-state index is 13.5.